The summed E-state index contributed by atoms with van der Waals surface area (Å²) in [5, 5.41) is 4.95. The van der Waals surface area contributed by atoms with E-state index in [1.54, 1.807) is 0 Å². The minimum absolute atomic E-state index is 0.869. The fraction of sp³-hybridized carbons (Fsp3) is 0.250. The van der Waals surface area contributed by atoms with Crippen LogP contribution in [0.1, 0.15) is 33.4 Å². The van der Waals surface area contributed by atoms with Crippen LogP contribution in [0.25, 0.3) is 0 Å². The van der Waals surface area contributed by atoms with E-state index in [-0.39, 0.29) is 0 Å². The summed E-state index contributed by atoms with van der Waals surface area (Å²) in [4.78, 5) is 0. The minimum Gasteiger partial charge on any atom is -0.0845 e. The maximum absolute atomic E-state index is 6.67. The van der Waals surface area contributed by atoms with Crippen molar-refractivity contribution in [3.05, 3.63) is 86.9 Å². The monoisotopic (exact) mass is 377 g/mol. The van der Waals surface area contributed by atoms with Crippen molar-refractivity contribution >= 4 is 36.0 Å². The van der Waals surface area contributed by atoms with Crippen LogP contribution >= 0.6 is 11.6 Å². The molecule has 0 atom stereocenters. The lowest BCUT2D eigenvalue weighted by atomic mass is 10.0. The topological polar surface area (TPSA) is 0 Å². The SMILES string of the molecule is Cc1cc([Si](c2cc(C)c(C)c(C)c2)c2ccccc2Cl)cc(C)c1C. The molecule has 3 aromatic carbocycles. The maximum atomic E-state index is 6.67. The summed E-state index contributed by atoms with van der Waals surface area (Å²) >= 11 is 6.67. The third kappa shape index (κ3) is 3.51. The van der Waals surface area contributed by atoms with E-state index in [9.17, 15) is 0 Å². The van der Waals surface area contributed by atoms with Gasteiger partial charge in [0, 0.05) is 5.02 Å². The highest BCUT2D eigenvalue weighted by atomic mass is 35.5. The fourth-order valence-electron chi connectivity index (χ4n) is 3.50. The molecule has 0 aliphatic heterocycles. The van der Waals surface area contributed by atoms with E-state index in [0.717, 1.165) is 5.02 Å². The predicted molar refractivity (Wildman–Crippen MR) is 117 cm³/mol. The van der Waals surface area contributed by atoms with Crippen LogP contribution in [0.3, 0.4) is 0 Å². The molecule has 0 heterocycles. The van der Waals surface area contributed by atoms with Crippen LogP contribution in [0.5, 0.6) is 0 Å². The Labute approximate surface area is 164 Å². The first-order valence-electron chi connectivity index (χ1n) is 9.08. The van der Waals surface area contributed by atoms with Crippen LogP contribution in [0.4, 0.5) is 0 Å². The average molecular weight is 378 g/mol. The van der Waals surface area contributed by atoms with Gasteiger partial charge in [-0.3, -0.25) is 0 Å². The van der Waals surface area contributed by atoms with E-state index in [1.165, 1.54) is 48.9 Å². The molecule has 0 bridgehead atoms. The van der Waals surface area contributed by atoms with Gasteiger partial charge in [-0.1, -0.05) is 64.4 Å². The molecule has 0 fully saturated rings. The highest BCUT2D eigenvalue weighted by Gasteiger charge is 2.24. The first-order valence-corrected chi connectivity index (χ1v) is 11.0. The Bertz CT molecular complexity index is 868. The smallest absolute Gasteiger partial charge is 0.0845 e. The molecular formula is C24H26ClSi. The molecule has 0 spiro atoms. The van der Waals surface area contributed by atoms with Gasteiger partial charge < -0.3 is 0 Å². The quantitative estimate of drug-likeness (QED) is 0.458. The van der Waals surface area contributed by atoms with Gasteiger partial charge in [-0.2, -0.15) is 0 Å². The number of hydrogen-bond acceptors (Lipinski definition) is 0. The second-order valence-corrected chi connectivity index (χ2v) is 10.2. The highest BCUT2D eigenvalue weighted by molar-refractivity contribution is 6.96. The Morgan fingerprint density at radius 1 is 0.615 bits per heavy atom. The Hall–Kier alpha value is -1.83. The van der Waals surface area contributed by atoms with E-state index >= 15 is 0 Å². The molecule has 3 aromatic rings. The van der Waals surface area contributed by atoms with Crippen molar-refractivity contribution in [3.63, 3.8) is 0 Å². The van der Waals surface area contributed by atoms with E-state index in [2.05, 4.69) is 77.9 Å². The highest BCUT2D eigenvalue weighted by Crippen LogP contribution is 2.15. The molecule has 0 aliphatic rings. The number of benzene rings is 3. The third-order valence-electron chi connectivity index (χ3n) is 5.57. The zero-order valence-electron chi connectivity index (χ0n) is 16.5. The third-order valence-corrected chi connectivity index (χ3v) is 8.77. The van der Waals surface area contributed by atoms with Gasteiger partial charge in [-0.05, 0) is 86.2 Å². The lowest BCUT2D eigenvalue weighted by molar-refractivity contribution is 1.27. The van der Waals surface area contributed by atoms with Gasteiger partial charge >= 0.3 is 0 Å². The van der Waals surface area contributed by atoms with Crippen LogP contribution in [-0.4, -0.2) is 8.80 Å². The molecule has 0 aliphatic carbocycles. The average Bonchev–Trinajstić information content (AvgIpc) is 2.59. The summed E-state index contributed by atoms with van der Waals surface area (Å²) in [5.41, 5.74) is 8.19. The van der Waals surface area contributed by atoms with E-state index in [1.807, 2.05) is 12.1 Å². The predicted octanol–water partition coefficient (Wildman–Crippen LogP) is 4.71. The Morgan fingerprint density at radius 3 is 1.38 bits per heavy atom. The fourth-order valence-corrected chi connectivity index (χ4v) is 6.90. The summed E-state index contributed by atoms with van der Waals surface area (Å²) in [6, 6.07) is 17.8. The van der Waals surface area contributed by atoms with E-state index < -0.39 is 8.80 Å². The van der Waals surface area contributed by atoms with Gasteiger partial charge in [0.1, 0.15) is 0 Å². The van der Waals surface area contributed by atoms with Crippen molar-refractivity contribution in [2.45, 2.75) is 41.5 Å². The summed E-state index contributed by atoms with van der Waals surface area (Å²) in [6.45, 7) is 13.3. The minimum atomic E-state index is -1.16. The number of halogens is 1. The Kier molecular flexibility index (Phi) is 5.41. The zero-order valence-corrected chi connectivity index (χ0v) is 18.3. The molecule has 0 nitrogen and oxygen atoms in total. The lowest BCUT2D eigenvalue weighted by Gasteiger charge is -2.22. The summed E-state index contributed by atoms with van der Waals surface area (Å²) in [7, 11) is -1.16. The van der Waals surface area contributed by atoms with Crippen LogP contribution < -0.4 is 15.6 Å². The first kappa shape index (κ1) is 18.9. The largest absolute Gasteiger partial charge is 0.156 e. The van der Waals surface area contributed by atoms with Gasteiger partial charge in [-0.15, -0.1) is 0 Å². The molecular weight excluding hydrogens is 352 g/mol. The number of rotatable bonds is 3. The zero-order chi connectivity index (χ0) is 19.0. The molecule has 0 saturated carbocycles. The normalized spacial score (nSPS) is 11.2. The van der Waals surface area contributed by atoms with Gasteiger partial charge in [0.15, 0.2) is 8.80 Å². The molecule has 0 aromatic heterocycles. The van der Waals surface area contributed by atoms with Gasteiger partial charge in [0.25, 0.3) is 0 Å². The number of hydrogen-bond donors (Lipinski definition) is 0. The summed E-state index contributed by atoms with van der Waals surface area (Å²) < 4.78 is 0. The molecule has 0 N–H and O–H groups in total. The van der Waals surface area contributed by atoms with Crippen LogP contribution in [0.2, 0.25) is 5.02 Å². The molecule has 1 radical (unpaired) electrons. The van der Waals surface area contributed by atoms with Crippen molar-refractivity contribution in [1.29, 1.82) is 0 Å². The Balaban J connectivity index is 2.30. The van der Waals surface area contributed by atoms with E-state index in [4.69, 9.17) is 11.6 Å². The molecule has 0 amide bonds. The lowest BCUT2D eigenvalue weighted by Crippen LogP contribution is -2.53. The summed E-state index contributed by atoms with van der Waals surface area (Å²) in [5.74, 6) is 0. The van der Waals surface area contributed by atoms with Crippen molar-refractivity contribution in [2.24, 2.45) is 0 Å². The van der Waals surface area contributed by atoms with Crippen LogP contribution in [0.15, 0.2) is 48.5 Å². The second-order valence-electron chi connectivity index (χ2n) is 7.32. The van der Waals surface area contributed by atoms with Crippen molar-refractivity contribution in [2.75, 3.05) is 0 Å². The Morgan fingerprint density at radius 2 is 1.00 bits per heavy atom. The first-order chi connectivity index (χ1) is 12.3. The molecule has 2 heteroatoms. The van der Waals surface area contributed by atoms with Crippen molar-refractivity contribution in [1.82, 2.24) is 0 Å². The molecule has 0 saturated heterocycles. The maximum Gasteiger partial charge on any atom is 0.156 e. The van der Waals surface area contributed by atoms with Crippen LogP contribution in [-0.2, 0) is 0 Å². The molecule has 26 heavy (non-hydrogen) atoms. The number of aryl methyl sites for hydroxylation is 4. The molecule has 3 rings (SSSR count). The van der Waals surface area contributed by atoms with Gasteiger partial charge in [-0.25, -0.2) is 0 Å². The van der Waals surface area contributed by atoms with Gasteiger partial charge in [0.05, 0.1) is 0 Å². The molecule has 0 unspecified atom stereocenters. The van der Waals surface area contributed by atoms with Crippen LogP contribution in [0, 0.1) is 41.5 Å². The summed E-state index contributed by atoms with van der Waals surface area (Å²) in [6.07, 6.45) is 0. The van der Waals surface area contributed by atoms with Gasteiger partial charge in [0.2, 0.25) is 0 Å². The molecule has 133 valence electrons. The van der Waals surface area contributed by atoms with Crippen molar-refractivity contribution < 1.29 is 0 Å². The standard InChI is InChI=1S/C24H26ClSi/c1-15-11-21(12-16(2)19(15)5)26(24-10-8-7-9-23(24)25)22-13-17(3)20(6)18(4)14-22/h7-14H,1-6H3. The van der Waals surface area contributed by atoms with Crippen molar-refractivity contribution in [3.8, 4) is 0 Å². The van der Waals surface area contributed by atoms with E-state index in [0.29, 0.717) is 0 Å². The second kappa shape index (κ2) is 7.42.